The minimum absolute atomic E-state index is 0. The molecule has 0 atom stereocenters. The summed E-state index contributed by atoms with van der Waals surface area (Å²) in [5.74, 6) is 0. The van der Waals surface area contributed by atoms with Gasteiger partial charge in [-0.1, -0.05) is 103 Å². The summed E-state index contributed by atoms with van der Waals surface area (Å²) in [7, 11) is 0. The number of hydrogen-bond acceptors (Lipinski definition) is 4. The number of carboxylic acid groups (broad SMARTS) is 1. The fraction of sp³-hybridized carbons (Fsp3) is 0.818. The number of unbranched alkanes of at least 4 members (excludes halogenated alkanes) is 15. The fourth-order valence-corrected chi connectivity index (χ4v) is 2.78. The second-order valence-corrected chi connectivity index (χ2v) is 6.37. The normalized spacial score (nSPS) is 8.93. The Kier molecular flexibility index (Phi) is 51.2. The maximum absolute atomic E-state index is 9.94. The topological polar surface area (TPSA) is 66.4 Å². The van der Waals surface area contributed by atoms with E-state index in [-0.39, 0.29) is 29.6 Å². The molecule has 0 N–H and O–H groups in total. The van der Waals surface area contributed by atoms with Crippen molar-refractivity contribution in [2.24, 2.45) is 0 Å². The van der Waals surface area contributed by atoms with Gasteiger partial charge in [0.15, 0.2) is 0 Å². The van der Waals surface area contributed by atoms with Gasteiger partial charge in [0.1, 0.15) is 0 Å². The number of carbonyl (C=O) groups is 2. The van der Waals surface area contributed by atoms with Crippen LogP contribution < -0.4 is 34.7 Å². The Balaban J connectivity index is -0.000000398. The average molecular weight is 395 g/mol. The van der Waals surface area contributed by atoms with E-state index in [9.17, 15) is 4.79 Å². The number of carbonyl (C=O) groups excluding carboxylic acids is 2. The minimum atomic E-state index is -0.500. The first-order valence-electron chi connectivity index (χ1n) is 10.4. The van der Waals surface area contributed by atoms with Crippen molar-refractivity contribution >= 4 is 12.9 Å². The molecule has 0 unspecified atom stereocenters. The molecule has 4 nitrogen and oxygen atoms in total. The standard InChI is InChI=1S/C19H38O2.C2H4.CH2O2.Na/c1-2-3-4-5-6-7-8-9-10-11-12-13-14-15-16-17-18-21-19-20;1-2;2-1-3;/h19H,2-18H2,1H3;1-2H2;1H,(H,2,3);/q;;;+1/p-1. The molecule has 0 amide bonds. The van der Waals surface area contributed by atoms with Crippen LogP contribution in [0.25, 0.3) is 0 Å². The van der Waals surface area contributed by atoms with Crippen molar-refractivity contribution in [3.8, 4) is 0 Å². The van der Waals surface area contributed by atoms with Crippen molar-refractivity contribution in [2.45, 2.75) is 110 Å². The van der Waals surface area contributed by atoms with Gasteiger partial charge in [0, 0.05) is 6.47 Å². The van der Waals surface area contributed by atoms with E-state index in [1.54, 1.807) is 0 Å². The van der Waals surface area contributed by atoms with Crippen LogP contribution in [-0.2, 0) is 14.3 Å². The van der Waals surface area contributed by atoms with Crippen molar-refractivity contribution in [3.05, 3.63) is 13.2 Å². The number of rotatable bonds is 18. The molecule has 156 valence electrons. The van der Waals surface area contributed by atoms with Gasteiger partial charge in [0.05, 0.1) is 6.61 Å². The van der Waals surface area contributed by atoms with Gasteiger partial charge in [-0.15, -0.1) is 13.2 Å². The summed E-state index contributed by atoms with van der Waals surface area (Å²) >= 11 is 0. The van der Waals surface area contributed by atoms with Crippen molar-refractivity contribution in [1.82, 2.24) is 0 Å². The Bertz CT molecular complexity index is 250. The van der Waals surface area contributed by atoms with Crippen LogP contribution in [0.1, 0.15) is 110 Å². The first kappa shape index (κ1) is 34.2. The maximum atomic E-state index is 9.94. The summed E-state index contributed by atoms with van der Waals surface area (Å²) in [5.41, 5.74) is 0. The molecule has 0 aromatic carbocycles. The molecular weight excluding hydrogens is 351 g/mol. The summed E-state index contributed by atoms with van der Waals surface area (Å²) in [6.07, 6.45) is 22.0. The van der Waals surface area contributed by atoms with Gasteiger partial charge in [-0.05, 0) is 6.42 Å². The smallest absolute Gasteiger partial charge is 0.554 e. The van der Waals surface area contributed by atoms with E-state index in [4.69, 9.17) is 9.90 Å². The summed E-state index contributed by atoms with van der Waals surface area (Å²) in [6, 6.07) is 0. The second-order valence-electron chi connectivity index (χ2n) is 6.37. The van der Waals surface area contributed by atoms with E-state index in [1.165, 1.54) is 96.3 Å². The van der Waals surface area contributed by atoms with Crippen LogP contribution in [0.15, 0.2) is 13.2 Å². The van der Waals surface area contributed by atoms with Gasteiger partial charge in [-0.25, -0.2) is 0 Å². The van der Waals surface area contributed by atoms with E-state index < -0.39 is 6.47 Å². The molecule has 0 aliphatic carbocycles. The Morgan fingerprint density at radius 2 is 0.926 bits per heavy atom. The monoisotopic (exact) mass is 394 g/mol. The van der Waals surface area contributed by atoms with Crippen LogP contribution in [-0.4, -0.2) is 19.6 Å². The summed E-state index contributed by atoms with van der Waals surface area (Å²) in [5, 5.41) is 8.25. The third kappa shape index (κ3) is 46.1. The van der Waals surface area contributed by atoms with Crippen LogP contribution in [0, 0.1) is 0 Å². The van der Waals surface area contributed by atoms with Crippen LogP contribution >= 0.6 is 0 Å². The van der Waals surface area contributed by atoms with Crippen LogP contribution in [0.4, 0.5) is 0 Å². The predicted molar refractivity (Wildman–Crippen MR) is 109 cm³/mol. The molecule has 0 radical (unpaired) electrons. The first-order valence-corrected chi connectivity index (χ1v) is 10.4. The first-order chi connectivity index (χ1) is 12.8. The molecule has 0 aromatic heterocycles. The van der Waals surface area contributed by atoms with E-state index in [0.717, 1.165) is 6.42 Å². The van der Waals surface area contributed by atoms with E-state index in [0.29, 0.717) is 13.1 Å². The van der Waals surface area contributed by atoms with Gasteiger partial charge in [0.2, 0.25) is 0 Å². The SMILES string of the molecule is C=C.CCCCCCCCCCCCCCCCCCOC=O.O=C[O-].[Na+]. The molecular formula is C22H43NaO4. The van der Waals surface area contributed by atoms with Gasteiger partial charge in [0.25, 0.3) is 6.47 Å². The Hall–Kier alpha value is -0.320. The summed E-state index contributed by atoms with van der Waals surface area (Å²) in [4.78, 5) is 18.2. The zero-order valence-corrected chi connectivity index (χ0v) is 20.2. The third-order valence-electron chi connectivity index (χ3n) is 4.18. The van der Waals surface area contributed by atoms with Gasteiger partial charge < -0.3 is 14.6 Å². The van der Waals surface area contributed by atoms with Gasteiger partial charge in [-0.3, -0.25) is 4.79 Å². The fourth-order valence-electron chi connectivity index (χ4n) is 2.78. The molecule has 5 heteroatoms. The molecule has 0 bridgehead atoms. The minimum Gasteiger partial charge on any atom is -0.554 e. The molecule has 0 rings (SSSR count). The molecule has 0 aliphatic rings. The molecule has 0 aromatic rings. The quantitative estimate of drug-likeness (QED) is 0.155. The zero-order valence-electron chi connectivity index (χ0n) is 18.2. The Labute approximate surface area is 190 Å². The van der Waals surface area contributed by atoms with Crippen molar-refractivity contribution in [2.75, 3.05) is 6.61 Å². The summed E-state index contributed by atoms with van der Waals surface area (Å²) in [6.45, 7) is 8.93. The Morgan fingerprint density at radius 3 is 1.19 bits per heavy atom. The van der Waals surface area contributed by atoms with Crippen LogP contribution in [0.2, 0.25) is 0 Å². The van der Waals surface area contributed by atoms with Crippen molar-refractivity contribution < 1.29 is 49.0 Å². The summed E-state index contributed by atoms with van der Waals surface area (Å²) < 4.78 is 4.67. The molecule has 0 spiro atoms. The average Bonchev–Trinajstić information content (AvgIpc) is 2.66. The molecule has 27 heavy (non-hydrogen) atoms. The second kappa shape index (κ2) is 40.4. The van der Waals surface area contributed by atoms with Crippen LogP contribution in [0.3, 0.4) is 0 Å². The van der Waals surface area contributed by atoms with E-state index in [2.05, 4.69) is 24.8 Å². The molecule has 0 heterocycles. The van der Waals surface area contributed by atoms with Crippen molar-refractivity contribution in [3.63, 3.8) is 0 Å². The zero-order chi connectivity index (χ0) is 20.1. The Morgan fingerprint density at radius 1 is 0.667 bits per heavy atom. The number of hydrogen-bond donors (Lipinski definition) is 0. The largest absolute Gasteiger partial charge is 1.00 e. The third-order valence-corrected chi connectivity index (χ3v) is 4.18. The number of ether oxygens (including phenoxy) is 1. The molecule has 0 saturated carbocycles. The van der Waals surface area contributed by atoms with Gasteiger partial charge in [-0.2, -0.15) is 0 Å². The molecule has 0 aliphatic heterocycles. The predicted octanol–water partition coefficient (Wildman–Crippen LogP) is 2.59. The van der Waals surface area contributed by atoms with E-state index in [1.807, 2.05) is 0 Å². The molecule has 0 fully saturated rings. The maximum Gasteiger partial charge on any atom is 1.00 e. The van der Waals surface area contributed by atoms with Crippen LogP contribution in [0.5, 0.6) is 0 Å². The van der Waals surface area contributed by atoms with Gasteiger partial charge >= 0.3 is 29.6 Å². The molecule has 0 saturated heterocycles. The van der Waals surface area contributed by atoms with E-state index >= 15 is 0 Å². The van der Waals surface area contributed by atoms with Crippen molar-refractivity contribution in [1.29, 1.82) is 0 Å².